The third kappa shape index (κ3) is 5.44. The molecule has 0 bridgehead atoms. The maximum atomic E-state index is 14.5. The third-order valence-corrected chi connectivity index (χ3v) is 5.44. The van der Waals surface area contributed by atoms with Gasteiger partial charge in [0, 0.05) is 17.0 Å². The van der Waals surface area contributed by atoms with E-state index in [9.17, 15) is 9.18 Å². The van der Waals surface area contributed by atoms with Crippen LogP contribution in [0.15, 0.2) is 78.9 Å². The van der Waals surface area contributed by atoms with Crippen LogP contribution < -0.4 is 14.2 Å². The van der Waals surface area contributed by atoms with E-state index in [1.807, 2.05) is 54.6 Å². The summed E-state index contributed by atoms with van der Waals surface area (Å²) in [5, 5.41) is 1.77. The Bertz CT molecular complexity index is 1380. The van der Waals surface area contributed by atoms with Gasteiger partial charge in [0.25, 0.3) is 0 Å². The van der Waals surface area contributed by atoms with Crippen LogP contribution in [0, 0.1) is 5.82 Å². The van der Waals surface area contributed by atoms with E-state index >= 15 is 0 Å². The van der Waals surface area contributed by atoms with Gasteiger partial charge in [-0.1, -0.05) is 24.3 Å². The number of fused-ring (bicyclic) bond motifs is 1. The fraction of sp³-hybridized carbons (Fsp3) is 0.138. The minimum Gasteiger partial charge on any atom is -0.497 e. The molecule has 5 nitrogen and oxygen atoms in total. The molecule has 0 unspecified atom stereocenters. The highest BCUT2D eigenvalue weighted by Gasteiger charge is 2.15. The molecule has 0 aromatic heterocycles. The summed E-state index contributed by atoms with van der Waals surface area (Å²) in [5.74, 6) is 1.23. The van der Waals surface area contributed by atoms with Crippen LogP contribution in [0.3, 0.4) is 0 Å². The Balaban J connectivity index is 1.74. The maximum absolute atomic E-state index is 14.5. The molecule has 0 amide bonds. The summed E-state index contributed by atoms with van der Waals surface area (Å²) in [4.78, 5) is 11.6. The van der Waals surface area contributed by atoms with Crippen LogP contribution in [0.2, 0.25) is 0 Å². The van der Waals surface area contributed by atoms with Crippen molar-refractivity contribution >= 4 is 22.8 Å². The molecule has 0 aliphatic heterocycles. The molecule has 0 saturated heterocycles. The van der Waals surface area contributed by atoms with E-state index in [4.69, 9.17) is 18.9 Å². The zero-order chi connectivity index (χ0) is 24.8. The Hall–Kier alpha value is -4.32. The molecule has 0 aliphatic rings. The first-order valence-corrected chi connectivity index (χ1v) is 11.1. The normalized spacial score (nSPS) is 11.0. The summed E-state index contributed by atoms with van der Waals surface area (Å²) in [6, 6.07) is 21.7. The van der Waals surface area contributed by atoms with E-state index < -0.39 is 11.8 Å². The smallest absolute Gasteiger partial charge is 0.330 e. The topological polar surface area (TPSA) is 54.0 Å². The Morgan fingerprint density at radius 3 is 2.34 bits per heavy atom. The molecule has 0 heterocycles. The number of carbonyl (C=O) groups excluding carboxylic acids is 1. The first-order valence-electron chi connectivity index (χ1n) is 11.1. The number of esters is 1. The molecule has 0 radical (unpaired) electrons. The monoisotopic (exact) mass is 472 g/mol. The van der Waals surface area contributed by atoms with Crippen LogP contribution in [0.25, 0.3) is 28.0 Å². The van der Waals surface area contributed by atoms with Crippen molar-refractivity contribution in [1.29, 1.82) is 0 Å². The van der Waals surface area contributed by atoms with E-state index in [1.165, 1.54) is 19.3 Å². The predicted octanol–water partition coefficient (Wildman–Crippen LogP) is 7.03. The summed E-state index contributed by atoms with van der Waals surface area (Å²) in [7, 11) is 3.05. The van der Waals surface area contributed by atoms with Crippen LogP contribution in [0.5, 0.6) is 23.0 Å². The number of hydrogen-bond donors (Lipinski definition) is 0. The van der Waals surface area contributed by atoms with Crippen molar-refractivity contribution < 1.29 is 28.1 Å². The SMILES string of the molecule is CCOC(=O)C=Cc1ccc(Oc2c(-c3ccc(OC)c(F)c3)ccc3cc(OC)ccc23)cc1. The van der Waals surface area contributed by atoms with Gasteiger partial charge in [-0.25, -0.2) is 9.18 Å². The van der Waals surface area contributed by atoms with E-state index in [1.54, 1.807) is 32.2 Å². The lowest BCUT2D eigenvalue weighted by molar-refractivity contribution is -0.137. The van der Waals surface area contributed by atoms with Crippen molar-refractivity contribution in [2.75, 3.05) is 20.8 Å². The lowest BCUT2D eigenvalue weighted by Crippen LogP contribution is -1.98. The molecule has 0 atom stereocenters. The lowest BCUT2D eigenvalue weighted by atomic mass is 9.99. The molecule has 0 N–H and O–H groups in total. The Morgan fingerprint density at radius 2 is 1.66 bits per heavy atom. The number of methoxy groups -OCH3 is 2. The van der Waals surface area contributed by atoms with Gasteiger partial charge in [-0.05, 0) is 78.0 Å². The number of halogens is 1. The van der Waals surface area contributed by atoms with Crippen LogP contribution in [-0.4, -0.2) is 26.8 Å². The molecule has 4 aromatic carbocycles. The first-order chi connectivity index (χ1) is 17.0. The molecular weight excluding hydrogens is 447 g/mol. The van der Waals surface area contributed by atoms with Crippen LogP contribution in [0.1, 0.15) is 12.5 Å². The molecule has 178 valence electrons. The van der Waals surface area contributed by atoms with Gasteiger partial charge in [0.1, 0.15) is 17.2 Å². The summed E-state index contributed by atoms with van der Waals surface area (Å²) < 4.78 is 36.2. The second kappa shape index (κ2) is 10.7. The van der Waals surface area contributed by atoms with Gasteiger partial charge < -0.3 is 18.9 Å². The highest BCUT2D eigenvalue weighted by molar-refractivity contribution is 5.96. The molecule has 4 aromatic rings. The molecular formula is C29H25FO5. The molecule has 0 aliphatic carbocycles. The highest BCUT2D eigenvalue weighted by atomic mass is 19.1. The minimum atomic E-state index is -0.455. The number of carbonyl (C=O) groups is 1. The molecule has 35 heavy (non-hydrogen) atoms. The molecule has 6 heteroatoms. The summed E-state index contributed by atoms with van der Waals surface area (Å²) in [6.07, 6.45) is 3.06. The van der Waals surface area contributed by atoms with Gasteiger partial charge in [-0.15, -0.1) is 0 Å². The van der Waals surface area contributed by atoms with Crippen LogP contribution in [0.4, 0.5) is 4.39 Å². The fourth-order valence-electron chi connectivity index (χ4n) is 3.70. The molecule has 0 spiro atoms. The second-order valence-corrected chi connectivity index (χ2v) is 7.64. The van der Waals surface area contributed by atoms with E-state index in [0.717, 1.165) is 27.6 Å². The third-order valence-electron chi connectivity index (χ3n) is 5.44. The Morgan fingerprint density at radius 1 is 0.886 bits per heavy atom. The van der Waals surface area contributed by atoms with Crippen molar-refractivity contribution in [3.8, 4) is 34.1 Å². The zero-order valence-electron chi connectivity index (χ0n) is 19.7. The average Bonchev–Trinajstić information content (AvgIpc) is 2.88. The first kappa shape index (κ1) is 23.8. The van der Waals surface area contributed by atoms with Crippen LogP contribution in [-0.2, 0) is 9.53 Å². The van der Waals surface area contributed by atoms with Crippen molar-refractivity contribution in [1.82, 2.24) is 0 Å². The number of benzene rings is 4. The van der Waals surface area contributed by atoms with Gasteiger partial charge in [0.05, 0.1) is 20.8 Å². The number of rotatable bonds is 8. The predicted molar refractivity (Wildman–Crippen MR) is 135 cm³/mol. The van der Waals surface area contributed by atoms with Crippen molar-refractivity contribution in [3.05, 3.63) is 90.3 Å². The number of ether oxygens (including phenoxy) is 4. The average molecular weight is 473 g/mol. The lowest BCUT2D eigenvalue weighted by Gasteiger charge is -2.16. The quantitative estimate of drug-likeness (QED) is 0.204. The Kier molecular flexibility index (Phi) is 7.31. The standard InChI is InChI=1S/C29H25FO5/c1-4-34-28(31)16-7-19-5-10-22(11-6-19)35-29-24(21-9-15-27(33-3)26(30)18-21)13-8-20-17-23(32-2)12-14-25(20)29/h5-18H,4H2,1-3H3. The van der Waals surface area contributed by atoms with Crippen molar-refractivity contribution in [2.45, 2.75) is 6.92 Å². The van der Waals surface area contributed by atoms with Gasteiger partial charge in [0.15, 0.2) is 11.6 Å². The summed E-state index contributed by atoms with van der Waals surface area (Å²) in [5.41, 5.74) is 2.21. The minimum absolute atomic E-state index is 0.174. The fourth-order valence-corrected chi connectivity index (χ4v) is 3.70. The molecule has 0 fully saturated rings. The zero-order valence-corrected chi connectivity index (χ0v) is 19.7. The number of hydrogen-bond acceptors (Lipinski definition) is 5. The summed E-state index contributed by atoms with van der Waals surface area (Å²) in [6.45, 7) is 2.09. The second-order valence-electron chi connectivity index (χ2n) is 7.64. The van der Waals surface area contributed by atoms with E-state index in [2.05, 4.69) is 0 Å². The maximum Gasteiger partial charge on any atom is 0.330 e. The van der Waals surface area contributed by atoms with Crippen LogP contribution >= 0.6 is 0 Å². The molecule has 4 rings (SSSR count). The van der Waals surface area contributed by atoms with E-state index in [0.29, 0.717) is 23.7 Å². The van der Waals surface area contributed by atoms with Crippen molar-refractivity contribution in [3.63, 3.8) is 0 Å². The highest BCUT2D eigenvalue weighted by Crippen LogP contribution is 2.41. The van der Waals surface area contributed by atoms with Gasteiger partial charge in [-0.2, -0.15) is 0 Å². The van der Waals surface area contributed by atoms with Gasteiger partial charge in [0.2, 0.25) is 0 Å². The summed E-state index contributed by atoms with van der Waals surface area (Å²) >= 11 is 0. The van der Waals surface area contributed by atoms with Gasteiger partial charge in [-0.3, -0.25) is 0 Å². The van der Waals surface area contributed by atoms with E-state index in [-0.39, 0.29) is 5.75 Å². The largest absolute Gasteiger partial charge is 0.497 e. The van der Waals surface area contributed by atoms with Crippen molar-refractivity contribution in [2.24, 2.45) is 0 Å². The van der Waals surface area contributed by atoms with Gasteiger partial charge >= 0.3 is 5.97 Å². The molecule has 0 saturated carbocycles. The Labute approximate surface area is 203 Å².